The summed E-state index contributed by atoms with van der Waals surface area (Å²) in [5.41, 5.74) is 1.46. The second-order valence-corrected chi connectivity index (χ2v) is 8.90. The van der Waals surface area contributed by atoms with Crippen molar-refractivity contribution in [1.82, 2.24) is 10.2 Å². The van der Waals surface area contributed by atoms with Gasteiger partial charge in [-0.25, -0.2) is 0 Å². The third-order valence-electron chi connectivity index (χ3n) is 4.68. The molecule has 2 N–H and O–H groups in total. The molecule has 0 spiro atoms. The molecule has 1 atom stereocenters. The zero-order valence-corrected chi connectivity index (χ0v) is 18.9. The highest BCUT2D eigenvalue weighted by molar-refractivity contribution is 9.10. The Kier molecular flexibility index (Phi) is 8.33. The van der Waals surface area contributed by atoms with E-state index in [0.717, 1.165) is 36.0 Å². The van der Waals surface area contributed by atoms with Gasteiger partial charge in [0.05, 0.1) is 11.5 Å². The summed E-state index contributed by atoms with van der Waals surface area (Å²) in [4.78, 5) is 39.3. The molecule has 8 heteroatoms. The van der Waals surface area contributed by atoms with Gasteiger partial charge in [-0.3, -0.25) is 14.4 Å². The van der Waals surface area contributed by atoms with Gasteiger partial charge in [0, 0.05) is 23.2 Å². The first-order chi connectivity index (χ1) is 14.5. The Morgan fingerprint density at radius 3 is 2.37 bits per heavy atom. The molecule has 1 aliphatic rings. The van der Waals surface area contributed by atoms with Crippen molar-refractivity contribution in [2.75, 3.05) is 29.9 Å². The fraction of sp³-hybridized carbons (Fsp3) is 0.318. The van der Waals surface area contributed by atoms with E-state index in [4.69, 9.17) is 0 Å². The number of amides is 3. The molecule has 1 fully saturated rings. The van der Waals surface area contributed by atoms with Crippen LogP contribution in [0.15, 0.2) is 59.1 Å². The molecule has 0 aromatic heterocycles. The Bertz CT molecular complexity index is 888. The molecular weight excluding hydrogens is 466 g/mol. The van der Waals surface area contributed by atoms with Crippen molar-refractivity contribution >= 4 is 51.1 Å². The number of carbonyl (C=O) groups is 3. The molecule has 0 radical (unpaired) electrons. The zero-order chi connectivity index (χ0) is 21.3. The standard InChI is InChI=1S/C22H24BrN3O3S/c23-17-9-6-10-18(13-17)24-19(27)14-30-15-20(28)25-21(16-7-2-1-3-8-16)22(29)26-11-4-5-12-26/h1-3,6-10,13,21H,4-5,11-12,14-15H2,(H,24,27)(H,25,28). The Hall–Kier alpha value is -2.32. The van der Waals surface area contributed by atoms with Gasteiger partial charge in [0.1, 0.15) is 6.04 Å². The molecule has 2 aromatic carbocycles. The summed E-state index contributed by atoms with van der Waals surface area (Å²) in [6.45, 7) is 1.45. The number of hydrogen-bond donors (Lipinski definition) is 2. The van der Waals surface area contributed by atoms with Gasteiger partial charge in [-0.05, 0) is 36.6 Å². The normalized spacial score (nSPS) is 14.2. The molecule has 3 rings (SSSR count). The summed E-state index contributed by atoms with van der Waals surface area (Å²) in [7, 11) is 0. The number of anilines is 1. The third kappa shape index (κ3) is 6.60. The zero-order valence-electron chi connectivity index (χ0n) is 16.5. The van der Waals surface area contributed by atoms with E-state index in [2.05, 4.69) is 26.6 Å². The van der Waals surface area contributed by atoms with E-state index in [1.54, 1.807) is 11.0 Å². The molecule has 3 amide bonds. The third-order valence-corrected chi connectivity index (χ3v) is 6.10. The molecule has 0 bridgehead atoms. The van der Waals surface area contributed by atoms with Gasteiger partial charge in [0.15, 0.2) is 0 Å². The fourth-order valence-electron chi connectivity index (χ4n) is 3.26. The minimum absolute atomic E-state index is 0.0792. The van der Waals surface area contributed by atoms with Crippen LogP contribution in [0.5, 0.6) is 0 Å². The van der Waals surface area contributed by atoms with Gasteiger partial charge in [0.2, 0.25) is 17.7 Å². The minimum atomic E-state index is -0.701. The van der Waals surface area contributed by atoms with Gasteiger partial charge < -0.3 is 15.5 Å². The van der Waals surface area contributed by atoms with Crippen molar-refractivity contribution in [1.29, 1.82) is 0 Å². The Morgan fingerprint density at radius 2 is 1.67 bits per heavy atom. The fourth-order valence-corrected chi connectivity index (χ4v) is 4.28. The first-order valence-corrected chi connectivity index (χ1v) is 11.7. The maximum Gasteiger partial charge on any atom is 0.249 e. The summed E-state index contributed by atoms with van der Waals surface area (Å²) in [5.74, 6) is -0.279. The average Bonchev–Trinajstić information content (AvgIpc) is 3.27. The van der Waals surface area contributed by atoms with Crippen LogP contribution >= 0.6 is 27.7 Å². The van der Waals surface area contributed by atoms with E-state index in [-0.39, 0.29) is 29.2 Å². The highest BCUT2D eigenvalue weighted by Gasteiger charge is 2.29. The molecule has 1 aliphatic heterocycles. The molecular formula is C22H24BrN3O3S. The molecule has 0 saturated carbocycles. The van der Waals surface area contributed by atoms with Crippen LogP contribution in [-0.2, 0) is 14.4 Å². The van der Waals surface area contributed by atoms with E-state index < -0.39 is 6.04 Å². The van der Waals surface area contributed by atoms with Crippen molar-refractivity contribution in [2.45, 2.75) is 18.9 Å². The number of nitrogens with one attached hydrogen (secondary N) is 2. The smallest absolute Gasteiger partial charge is 0.249 e. The second kappa shape index (κ2) is 11.2. The molecule has 1 saturated heterocycles. The van der Waals surface area contributed by atoms with Crippen LogP contribution in [0.4, 0.5) is 5.69 Å². The van der Waals surface area contributed by atoms with E-state index in [0.29, 0.717) is 5.69 Å². The Labute approximate surface area is 188 Å². The van der Waals surface area contributed by atoms with E-state index >= 15 is 0 Å². The molecule has 30 heavy (non-hydrogen) atoms. The van der Waals surface area contributed by atoms with Crippen LogP contribution < -0.4 is 10.6 Å². The van der Waals surface area contributed by atoms with Crippen LogP contribution in [0, 0.1) is 0 Å². The van der Waals surface area contributed by atoms with Gasteiger partial charge >= 0.3 is 0 Å². The topological polar surface area (TPSA) is 78.5 Å². The van der Waals surface area contributed by atoms with Gasteiger partial charge in [0.25, 0.3) is 0 Å². The molecule has 158 valence electrons. The van der Waals surface area contributed by atoms with Gasteiger partial charge in [-0.1, -0.05) is 52.3 Å². The summed E-state index contributed by atoms with van der Waals surface area (Å²) >= 11 is 4.57. The maximum absolute atomic E-state index is 12.9. The Morgan fingerprint density at radius 1 is 0.967 bits per heavy atom. The first-order valence-electron chi connectivity index (χ1n) is 9.79. The highest BCUT2D eigenvalue weighted by Crippen LogP contribution is 2.20. The quantitative estimate of drug-likeness (QED) is 0.593. The number of thioether (sulfide) groups is 1. The maximum atomic E-state index is 12.9. The number of carbonyl (C=O) groups excluding carboxylic acids is 3. The molecule has 1 unspecified atom stereocenters. The van der Waals surface area contributed by atoms with Crippen LogP contribution in [0.1, 0.15) is 24.4 Å². The number of likely N-dealkylation sites (tertiary alicyclic amines) is 1. The van der Waals surface area contributed by atoms with Crippen LogP contribution in [-0.4, -0.2) is 47.2 Å². The van der Waals surface area contributed by atoms with Crippen molar-refractivity contribution in [2.24, 2.45) is 0 Å². The predicted molar refractivity (Wildman–Crippen MR) is 123 cm³/mol. The van der Waals surface area contributed by atoms with Crippen LogP contribution in [0.2, 0.25) is 0 Å². The number of halogens is 1. The van der Waals surface area contributed by atoms with Crippen molar-refractivity contribution < 1.29 is 14.4 Å². The number of nitrogens with zero attached hydrogens (tertiary/aromatic N) is 1. The predicted octanol–water partition coefficient (Wildman–Crippen LogP) is 3.60. The molecule has 1 heterocycles. The van der Waals surface area contributed by atoms with Crippen molar-refractivity contribution in [3.05, 3.63) is 64.6 Å². The highest BCUT2D eigenvalue weighted by atomic mass is 79.9. The Balaban J connectivity index is 1.51. The molecule has 2 aromatic rings. The monoisotopic (exact) mass is 489 g/mol. The lowest BCUT2D eigenvalue weighted by atomic mass is 10.1. The number of benzene rings is 2. The van der Waals surface area contributed by atoms with Gasteiger partial charge in [-0.15, -0.1) is 11.8 Å². The van der Waals surface area contributed by atoms with E-state index in [1.165, 1.54) is 11.8 Å². The molecule has 6 nitrogen and oxygen atoms in total. The largest absolute Gasteiger partial charge is 0.341 e. The van der Waals surface area contributed by atoms with Crippen LogP contribution in [0.3, 0.4) is 0 Å². The van der Waals surface area contributed by atoms with Crippen molar-refractivity contribution in [3.8, 4) is 0 Å². The number of hydrogen-bond acceptors (Lipinski definition) is 4. The minimum Gasteiger partial charge on any atom is -0.341 e. The summed E-state index contributed by atoms with van der Waals surface area (Å²) in [6, 6.07) is 15.9. The number of rotatable bonds is 8. The lowest BCUT2D eigenvalue weighted by Crippen LogP contribution is -2.42. The van der Waals surface area contributed by atoms with Gasteiger partial charge in [-0.2, -0.15) is 0 Å². The summed E-state index contributed by atoms with van der Waals surface area (Å²) in [5, 5.41) is 5.65. The lowest BCUT2D eigenvalue weighted by molar-refractivity contribution is -0.135. The SMILES string of the molecule is O=C(CSCC(=O)NC(C(=O)N1CCCC1)c1ccccc1)Nc1cccc(Br)c1. The van der Waals surface area contributed by atoms with E-state index in [9.17, 15) is 14.4 Å². The summed E-state index contributed by atoms with van der Waals surface area (Å²) < 4.78 is 0.877. The van der Waals surface area contributed by atoms with E-state index in [1.807, 2.05) is 48.5 Å². The summed E-state index contributed by atoms with van der Waals surface area (Å²) in [6.07, 6.45) is 1.98. The van der Waals surface area contributed by atoms with Crippen molar-refractivity contribution in [3.63, 3.8) is 0 Å². The molecule has 0 aliphatic carbocycles. The lowest BCUT2D eigenvalue weighted by Gasteiger charge is -2.24. The van der Waals surface area contributed by atoms with Crippen LogP contribution in [0.25, 0.3) is 0 Å². The average molecular weight is 490 g/mol. The first kappa shape index (κ1) is 22.4. The second-order valence-electron chi connectivity index (χ2n) is 6.99.